The number of amides is 1. The Morgan fingerprint density at radius 2 is 2.32 bits per heavy atom. The second-order valence-electron chi connectivity index (χ2n) is 5.57. The number of rotatable bonds is 3. The number of aryl methyl sites for hydroxylation is 1. The van der Waals surface area contributed by atoms with Crippen molar-refractivity contribution in [3.63, 3.8) is 0 Å². The first-order valence-corrected chi connectivity index (χ1v) is 7.44. The minimum Gasteiger partial charge on any atom is -0.323 e. The molecule has 1 fully saturated rings. The standard InChI is InChI=1S/C16H19FN4O/c1-21-15(6-8-19-21)11-4-5-14(13(17)9-11)20-16(22)12-3-2-7-18-10-12/h4-6,8-9,12,18H,2-3,7,10H2,1H3,(H,20,22). The Morgan fingerprint density at radius 3 is 2.95 bits per heavy atom. The number of anilines is 1. The van der Waals surface area contributed by atoms with E-state index < -0.39 is 5.82 Å². The van der Waals surface area contributed by atoms with Gasteiger partial charge in [-0.05, 0) is 37.6 Å². The first kappa shape index (κ1) is 14.7. The van der Waals surface area contributed by atoms with Gasteiger partial charge in [0.15, 0.2) is 0 Å². The number of nitrogens with zero attached hydrogens (tertiary/aromatic N) is 2. The lowest BCUT2D eigenvalue weighted by Crippen LogP contribution is -2.37. The van der Waals surface area contributed by atoms with Gasteiger partial charge in [0.05, 0.1) is 17.3 Å². The van der Waals surface area contributed by atoms with Crippen molar-refractivity contribution >= 4 is 11.6 Å². The second-order valence-corrected chi connectivity index (χ2v) is 5.57. The highest BCUT2D eigenvalue weighted by Gasteiger charge is 2.21. The minimum absolute atomic E-state index is 0.0927. The maximum Gasteiger partial charge on any atom is 0.228 e. The van der Waals surface area contributed by atoms with E-state index in [0.717, 1.165) is 30.6 Å². The van der Waals surface area contributed by atoms with Crippen molar-refractivity contribution in [2.75, 3.05) is 18.4 Å². The number of halogens is 1. The Hall–Kier alpha value is -2.21. The predicted octanol–water partition coefficient (Wildman–Crippen LogP) is 2.16. The van der Waals surface area contributed by atoms with E-state index in [9.17, 15) is 9.18 Å². The molecule has 1 amide bonds. The quantitative estimate of drug-likeness (QED) is 0.913. The lowest BCUT2D eigenvalue weighted by atomic mass is 9.98. The fourth-order valence-corrected chi connectivity index (χ4v) is 2.74. The van der Waals surface area contributed by atoms with Gasteiger partial charge in [-0.15, -0.1) is 0 Å². The summed E-state index contributed by atoms with van der Waals surface area (Å²) in [4.78, 5) is 12.2. The SMILES string of the molecule is Cn1nccc1-c1ccc(NC(=O)C2CCCNC2)c(F)c1. The number of piperidine rings is 1. The van der Waals surface area contributed by atoms with Crippen LogP contribution in [0.5, 0.6) is 0 Å². The van der Waals surface area contributed by atoms with E-state index in [0.29, 0.717) is 6.54 Å². The molecule has 1 aromatic heterocycles. The third kappa shape index (κ3) is 3.01. The third-order valence-electron chi connectivity index (χ3n) is 4.01. The lowest BCUT2D eigenvalue weighted by Gasteiger charge is -2.22. The van der Waals surface area contributed by atoms with Crippen molar-refractivity contribution in [2.24, 2.45) is 13.0 Å². The number of hydrogen-bond donors (Lipinski definition) is 2. The van der Waals surface area contributed by atoms with Gasteiger partial charge in [0.2, 0.25) is 5.91 Å². The molecule has 2 N–H and O–H groups in total. The fraction of sp³-hybridized carbons (Fsp3) is 0.375. The van der Waals surface area contributed by atoms with Gasteiger partial charge in [0.1, 0.15) is 5.82 Å². The molecule has 1 atom stereocenters. The molecule has 0 saturated carbocycles. The molecule has 0 bridgehead atoms. The summed E-state index contributed by atoms with van der Waals surface area (Å²) < 4.78 is 15.9. The number of hydrogen-bond acceptors (Lipinski definition) is 3. The summed E-state index contributed by atoms with van der Waals surface area (Å²) in [5.41, 5.74) is 1.78. The number of aromatic nitrogens is 2. The van der Waals surface area contributed by atoms with Crippen LogP contribution in [0.25, 0.3) is 11.3 Å². The topological polar surface area (TPSA) is 59.0 Å². The summed E-state index contributed by atoms with van der Waals surface area (Å²) in [5.74, 6) is -0.653. The molecule has 1 aliphatic rings. The number of carbonyl (C=O) groups excluding carboxylic acids is 1. The maximum absolute atomic E-state index is 14.2. The van der Waals surface area contributed by atoms with Crippen molar-refractivity contribution in [1.82, 2.24) is 15.1 Å². The molecule has 2 aromatic rings. The van der Waals surface area contributed by atoms with Gasteiger partial charge in [0.25, 0.3) is 0 Å². The van der Waals surface area contributed by atoms with E-state index >= 15 is 0 Å². The molecule has 5 nitrogen and oxygen atoms in total. The third-order valence-corrected chi connectivity index (χ3v) is 4.01. The Labute approximate surface area is 128 Å². The fourth-order valence-electron chi connectivity index (χ4n) is 2.74. The van der Waals surface area contributed by atoms with Crippen LogP contribution in [0.4, 0.5) is 10.1 Å². The molecule has 0 radical (unpaired) electrons. The van der Waals surface area contributed by atoms with Crippen LogP contribution >= 0.6 is 0 Å². The van der Waals surface area contributed by atoms with Crippen LogP contribution in [-0.2, 0) is 11.8 Å². The molecule has 2 heterocycles. The van der Waals surface area contributed by atoms with E-state index in [4.69, 9.17) is 0 Å². The van der Waals surface area contributed by atoms with Crippen LogP contribution in [0.1, 0.15) is 12.8 Å². The average Bonchev–Trinajstić information content (AvgIpc) is 2.96. The number of carbonyl (C=O) groups is 1. The van der Waals surface area contributed by atoms with E-state index in [2.05, 4.69) is 15.7 Å². The van der Waals surface area contributed by atoms with E-state index in [1.54, 1.807) is 30.1 Å². The second kappa shape index (κ2) is 6.27. The van der Waals surface area contributed by atoms with Crippen LogP contribution in [0.3, 0.4) is 0 Å². The average molecular weight is 302 g/mol. The van der Waals surface area contributed by atoms with E-state index in [-0.39, 0.29) is 17.5 Å². The summed E-state index contributed by atoms with van der Waals surface area (Å²) >= 11 is 0. The Bertz CT molecular complexity index is 677. The van der Waals surface area contributed by atoms with Crippen molar-refractivity contribution in [3.8, 4) is 11.3 Å². The maximum atomic E-state index is 14.2. The highest BCUT2D eigenvalue weighted by Crippen LogP contribution is 2.24. The molecule has 1 aliphatic heterocycles. The van der Waals surface area contributed by atoms with Gasteiger partial charge in [0, 0.05) is 25.4 Å². The van der Waals surface area contributed by atoms with Gasteiger partial charge < -0.3 is 10.6 Å². The highest BCUT2D eigenvalue weighted by atomic mass is 19.1. The molecule has 1 unspecified atom stereocenters. The van der Waals surface area contributed by atoms with Gasteiger partial charge in [-0.2, -0.15) is 5.10 Å². The summed E-state index contributed by atoms with van der Waals surface area (Å²) in [6, 6.07) is 6.63. The number of benzene rings is 1. The smallest absolute Gasteiger partial charge is 0.228 e. The first-order chi connectivity index (χ1) is 10.6. The predicted molar refractivity (Wildman–Crippen MR) is 82.8 cm³/mol. The van der Waals surface area contributed by atoms with E-state index in [1.807, 2.05) is 6.07 Å². The molecule has 1 aromatic carbocycles. The van der Waals surface area contributed by atoms with Gasteiger partial charge in [-0.3, -0.25) is 9.48 Å². The van der Waals surface area contributed by atoms with Crippen molar-refractivity contribution in [1.29, 1.82) is 0 Å². The van der Waals surface area contributed by atoms with Crippen LogP contribution in [0.2, 0.25) is 0 Å². The molecule has 3 rings (SSSR count). The molecular formula is C16H19FN4O. The normalized spacial score (nSPS) is 18.2. The first-order valence-electron chi connectivity index (χ1n) is 7.44. The molecular weight excluding hydrogens is 283 g/mol. The van der Waals surface area contributed by atoms with Crippen molar-refractivity contribution in [3.05, 3.63) is 36.3 Å². The van der Waals surface area contributed by atoms with Gasteiger partial charge in [-0.25, -0.2) is 4.39 Å². The van der Waals surface area contributed by atoms with Gasteiger partial charge >= 0.3 is 0 Å². The Kier molecular flexibility index (Phi) is 4.20. The molecule has 116 valence electrons. The van der Waals surface area contributed by atoms with Gasteiger partial charge in [-0.1, -0.05) is 6.07 Å². The zero-order chi connectivity index (χ0) is 15.5. The molecule has 1 saturated heterocycles. The number of nitrogens with one attached hydrogen (secondary N) is 2. The van der Waals surface area contributed by atoms with Crippen molar-refractivity contribution in [2.45, 2.75) is 12.8 Å². The Morgan fingerprint density at radius 1 is 1.45 bits per heavy atom. The largest absolute Gasteiger partial charge is 0.323 e. The van der Waals surface area contributed by atoms with Crippen LogP contribution < -0.4 is 10.6 Å². The minimum atomic E-state index is -0.434. The molecule has 0 spiro atoms. The van der Waals surface area contributed by atoms with Crippen LogP contribution in [-0.4, -0.2) is 28.8 Å². The van der Waals surface area contributed by atoms with E-state index in [1.165, 1.54) is 6.07 Å². The van der Waals surface area contributed by atoms with Crippen LogP contribution in [0, 0.1) is 11.7 Å². The van der Waals surface area contributed by atoms with Crippen molar-refractivity contribution < 1.29 is 9.18 Å². The summed E-state index contributed by atoms with van der Waals surface area (Å²) in [6.45, 7) is 1.60. The zero-order valence-electron chi connectivity index (χ0n) is 12.5. The Balaban J connectivity index is 1.75. The highest BCUT2D eigenvalue weighted by molar-refractivity contribution is 5.93. The molecule has 0 aliphatic carbocycles. The molecule has 6 heteroatoms. The van der Waals surface area contributed by atoms with Crippen LogP contribution in [0.15, 0.2) is 30.5 Å². The summed E-state index contributed by atoms with van der Waals surface area (Å²) in [6.07, 6.45) is 3.48. The summed E-state index contributed by atoms with van der Waals surface area (Å²) in [5, 5.41) is 9.95. The zero-order valence-corrected chi connectivity index (χ0v) is 12.5. The molecule has 22 heavy (non-hydrogen) atoms. The monoisotopic (exact) mass is 302 g/mol. The summed E-state index contributed by atoms with van der Waals surface area (Å²) in [7, 11) is 1.80. The lowest BCUT2D eigenvalue weighted by molar-refractivity contribution is -0.120.